The topological polar surface area (TPSA) is 119 Å². The van der Waals surface area contributed by atoms with Crippen molar-refractivity contribution < 1.29 is 15.3 Å². The van der Waals surface area contributed by atoms with Crippen molar-refractivity contribution in [3.8, 4) is 0 Å². The Labute approximate surface area is 218 Å². The fraction of sp³-hybridized carbons (Fsp3) is 0.875. The second-order valence-corrected chi connectivity index (χ2v) is 9.84. The molecule has 1 aromatic rings. The third-order valence-corrected chi connectivity index (χ3v) is 5.66. The minimum Gasteiger partial charge on any atom is -0.395 e. The average Bonchev–Trinajstić information content (AvgIpc) is 2.81. The summed E-state index contributed by atoms with van der Waals surface area (Å²) in [5, 5.41) is 29.2. The van der Waals surface area contributed by atoms with Gasteiger partial charge in [0, 0.05) is 39.3 Å². The van der Waals surface area contributed by atoms with Crippen LogP contribution in [0.25, 0.3) is 0 Å². The van der Waals surface area contributed by atoms with Crippen LogP contribution < -0.4 is 14.7 Å². The van der Waals surface area contributed by atoms with Gasteiger partial charge in [-0.15, -0.1) is 0 Å². The van der Waals surface area contributed by atoms with Crippen LogP contribution in [-0.2, 0) is 0 Å². The smallest absolute Gasteiger partial charge is 0.232 e. The van der Waals surface area contributed by atoms with Gasteiger partial charge >= 0.3 is 0 Å². The van der Waals surface area contributed by atoms with E-state index in [1.807, 2.05) is 57.0 Å². The first-order valence-electron chi connectivity index (χ1n) is 13.0. The summed E-state index contributed by atoms with van der Waals surface area (Å²) in [5.74, 6) is 1.52. The van der Waals surface area contributed by atoms with E-state index in [-0.39, 0.29) is 19.8 Å². The number of hydrogen-bond acceptors (Lipinski definition) is 12. The summed E-state index contributed by atoms with van der Waals surface area (Å²) in [6.45, 7) is 6.04. The number of aromatic nitrogens is 3. The van der Waals surface area contributed by atoms with Gasteiger partial charge in [-0.2, -0.15) is 15.0 Å². The predicted molar refractivity (Wildman–Crippen MR) is 147 cm³/mol. The molecule has 0 radical (unpaired) electrons. The molecule has 0 amide bonds. The van der Waals surface area contributed by atoms with E-state index in [0.717, 1.165) is 38.9 Å². The van der Waals surface area contributed by atoms with Crippen molar-refractivity contribution in [2.45, 2.75) is 19.3 Å². The first-order valence-corrected chi connectivity index (χ1v) is 13.0. The summed E-state index contributed by atoms with van der Waals surface area (Å²) >= 11 is 0. The highest BCUT2D eigenvalue weighted by Crippen LogP contribution is 2.20. The van der Waals surface area contributed by atoms with Gasteiger partial charge in [-0.25, -0.2) is 0 Å². The van der Waals surface area contributed by atoms with Crippen molar-refractivity contribution in [1.82, 2.24) is 29.7 Å². The standard InChI is InChI=1S/C24H51N9O3/c1-28(2)10-7-13-31(16-19-34)22-25-23(32(17-20-35)14-8-11-29(3)4)27-24(26-22)33(18-21-36)15-9-12-30(5)6/h34-36H,7-21H2,1-6H3. The molecule has 0 aromatic carbocycles. The molecule has 0 aliphatic rings. The molecule has 0 unspecified atom stereocenters. The minimum atomic E-state index is -0.00923. The number of hydrogen-bond donors (Lipinski definition) is 3. The monoisotopic (exact) mass is 513 g/mol. The van der Waals surface area contributed by atoms with Crippen LogP contribution in [0.15, 0.2) is 0 Å². The summed E-state index contributed by atoms with van der Waals surface area (Å²) in [6, 6.07) is 0. The molecule has 1 rings (SSSR count). The lowest BCUT2D eigenvalue weighted by atomic mass is 10.3. The zero-order valence-corrected chi connectivity index (χ0v) is 23.5. The van der Waals surface area contributed by atoms with E-state index in [9.17, 15) is 15.3 Å². The largest absolute Gasteiger partial charge is 0.395 e. The van der Waals surface area contributed by atoms with Crippen molar-refractivity contribution in [2.24, 2.45) is 0 Å². The van der Waals surface area contributed by atoms with Crippen molar-refractivity contribution in [3.63, 3.8) is 0 Å². The molecule has 0 spiro atoms. The van der Waals surface area contributed by atoms with Gasteiger partial charge < -0.3 is 44.7 Å². The van der Waals surface area contributed by atoms with Crippen LogP contribution in [0.3, 0.4) is 0 Å². The minimum absolute atomic E-state index is 0.00923. The Morgan fingerprint density at radius 1 is 0.417 bits per heavy atom. The van der Waals surface area contributed by atoms with Gasteiger partial charge in [-0.1, -0.05) is 0 Å². The van der Waals surface area contributed by atoms with Gasteiger partial charge in [-0.05, 0) is 81.2 Å². The highest BCUT2D eigenvalue weighted by atomic mass is 16.3. The molecule has 0 aliphatic carbocycles. The molecular formula is C24H51N9O3. The van der Waals surface area contributed by atoms with E-state index in [4.69, 9.17) is 15.0 Å². The molecule has 1 aromatic heterocycles. The zero-order chi connectivity index (χ0) is 26.9. The van der Waals surface area contributed by atoms with E-state index in [2.05, 4.69) is 14.7 Å². The van der Waals surface area contributed by atoms with Crippen molar-refractivity contribution >= 4 is 17.8 Å². The number of anilines is 3. The molecule has 0 aliphatic heterocycles. The maximum absolute atomic E-state index is 9.75. The van der Waals surface area contributed by atoms with E-state index < -0.39 is 0 Å². The lowest BCUT2D eigenvalue weighted by Gasteiger charge is -2.29. The van der Waals surface area contributed by atoms with Crippen LogP contribution in [-0.4, -0.2) is 166 Å². The molecular weight excluding hydrogens is 462 g/mol. The first-order chi connectivity index (χ1) is 17.2. The molecule has 0 saturated carbocycles. The summed E-state index contributed by atoms with van der Waals surface area (Å²) in [4.78, 5) is 26.8. The third kappa shape index (κ3) is 12.9. The second kappa shape index (κ2) is 18.4. The van der Waals surface area contributed by atoms with E-state index in [1.165, 1.54) is 0 Å². The van der Waals surface area contributed by atoms with Gasteiger partial charge in [0.15, 0.2) is 0 Å². The van der Waals surface area contributed by atoms with Gasteiger partial charge in [-0.3, -0.25) is 0 Å². The molecule has 0 fully saturated rings. The molecule has 36 heavy (non-hydrogen) atoms. The fourth-order valence-electron chi connectivity index (χ4n) is 3.80. The Kier molecular flexibility index (Phi) is 16.5. The Morgan fingerprint density at radius 3 is 0.861 bits per heavy atom. The SMILES string of the molecule is CN(C)CCCN(CCO)c1nc(N(CCO)CCCN(C)C)nc(N(CCO)CCCN(C)C)n1. The molecule has 0 bridgehead atoms. The fourth-order valence-corrected chi connectivity index (χ4v) is 3.80. The summed E-state index contributed by atoms with van der Waals surface area (Å²) in [6.07, 6.45) is 2.70. The quantitative estimate of drug-likeness (QED) is 0.189. The molecule has 1 heterocycles. The van der Waals surface area contributed by atoms with Crippen LogP contribution in [0.2, 0.25) is 0 Å². The summed E-state index contributed by atoms with van der Waals surface area (Å²) in [7, 11) is 12.2. The molecule has 12 nitrogen and oxygen atoms in total. The van der Waals surface area contributed by atoms with Crippen LogP contribution in [0.4, 0.5) is 17.8 Å². The number of aliphatic hydroxyl groups is 3. The molecule has 0 saturated heterocycles. The van der Waals surface area contributed by atoms with E-state index in [0.29, 0.717) is 57.1 Å². The van der Waals surface area contributed by atoms with Gasteiger partial charge in [0.2, 0.25) is 17.8 Å². The second-order valence-electron chi connectivity index (χ2n) is 9.84. The number of rotatable bonds is 21. The highest BCUT2D eigenvalue weighted by Gasteiger charge is 2.20. The number of aliphatic hydroxyl groups excluding tert-OH is 3. The molecule has 0 atom stereocenters. The Hall–Kier alpha value is -1.83. The normalized spacial score (nSPS) is 11.7. The maximum Gasteiger partial charge on any atom is 0.232 e. The van der Waals surface area contributed by atoms with Crippen LogP contribution >= 0.6 is 0 Å². The number of nitrogens with zero attached hydrogens (tertiary/aromatic N) is 9. The van der Waals surface area contributed by atoms with Crippen molar-refractivity contribution in [2.75, 3.05) is 136 Å². The van der Waals surface area contributed by atoms with Crippen molar-refractivity contribution in [1.29, 1.82) is 0 Å². The third-order valence-electron chi connectivity index (χ3n) is 5.66. The van der Waals surface area contributed by atoms with Crippen LogP contribution in [0.5, 0.6) is 0 Å². The molecule has 12 heteroatoms. The lowest BCUT2D eigenvalue weighted by Crippen LogP contribution is -2.37. The molecule has 210 valence electrons. The Balaban J connectivity index is 3.37. The molecule has 3 N–H and O–H groups in total. The first kappa shape index (κ1) is 32.2. The highest BCUT2D eigenvalue weighted by molar-refractivity contribution is 5.46. The Bertz CT molecular complexity index is 592. The Morgan fingerprint density at radius 2 is 0.667 bits per heavy atom. The van der Waals surface area contributed by atoms with Gasteiger partial charge in [0.1, 0.15) is 0 Å². The van der Waals surface area contributed by atoms with Crippen LogP contribution in [0.1, 0.15) is 19.3 Å². The van der Waals surface area contributed by atoms with Gasteiger partial charge in [0.25, 0.3) is 0 Å². The van der Waals surface area contributed by atoms with E-state index in [1.54, 1.807) is 0 Å². The predicted octanol–water partition coefficient (Wildman–Crippen LogP) is -0.877. The van der Waals surface area contributed by atoms with Gasteiger partial charge in [0.05, 0.1) is 19.8 Å². The zero-order valence-electron chi connectivity index (χ0n) is 23.5. The van der Waals surface area contributed by atoms with Crippen molar-refractivity contribution in [3.05, 3.63) is 0 Å². The summed E-state index contributed by atoms with van der Waals surface area (Å²) in [5.41, 5.74) is 0. The van der Waals surface area contributed by atoms with E-state index >= 15 is 0 Å². The summed E-state index contributed by atoms with van der Waals surface area (Å²) < 4.78 is 0. The van der Waals surface area contributed by atoms with Crippen LogP contribution in [0, 0.1) is 0 Å². The maximum atomic E-state index is 9.75. The average molecular weight is 514 g/mol. The lowest BCUT2D eigenvalue weighted by molar-refractivity contribution is 0.298.